The Bertz CT molecular complexity index is 694. The molecule has 0 aliphatic carbocycles. The third kappa shape index (κ3) is 2.57. The number of aryl methyl sites for hydroxylation is 1. The predicted molar refractivity (Wildman–Crippen MR) is 90.4 cm³/mol. The Kier molecular flexibility index (Phi) is 3.72. The highest BCUT2D eigenvalue weighted by atomic mass is 32.1. The van der Waals surface area contributed by atoms with Crippen LogP contribution in [0.15, 0.2) is 35.7 Å². The topological polar surface area (TPSA) is 23.6 Å². The van der Waals surface area contributed by atoms with Gasteiger partial charge in [-0.1, -0.05) is 18.2 Å². The average molecular weight is 312 g/mol. The number of thiophene rings is 1. The van der Waals surface area contributed by atoms with Gasteiger partial charge in [-0.3, -0.25) is 9.69 Å². The van der Waals surface area contributed by atoms with Gasteiger partial charge < -0.3 is 4.90 Å². The second-order valence-electron chi connectivity index (χ2n) is 6.11. The molecule has 2 aliphatic heterocycles. The van der Waals surface area contributed by atoms with Gasteiger partial charge in [0, 0.05) is 30.2 Å². The van der Waals surface area contributed by atoms with E-state index in [1.807, 2.05) is 22.3 Å². The van der Waals surface area contributed by atoms with Crippen LogP contribution in [0.4, 0.5) is 5.69 Å². The molecule has 22 heavy (non-hydrogen) atoms. The Hall–Kier alpha value is -1.65. The lowest BCUT2D eigenvalue weighted by Gasteiger charge is -2.33. The molecule has 0 unspecified atom stereocenters. The molecule has 0 N–H and O–H groups in total. The maximum absolute atomic E-state index is 12.8. The summed E-state index contributed by atoms with van der Waals surface area (Å²) in [5.41, 5.74) is 3.83. The van der Waals surface area contributed by atoms with Crippen molar-refractivity contribution in [1.29, 1.82) is 0 Å². The van der Waals surface area contributed by atoms with Gasteiger partial charge in [0.25, 0.3) is 0 Å². The predicted octanol–water partition coefficient (Wildman–Crippen LogP) is 3.09. The first-order valence-electron chi connectivity index (χ1n) is 7.97. The lowest BCUT2D eigenvalue weighted by Crippen LogP contribution is -2.44. The van der Waals surface area contributed by atoms with Gasteiger partial charge in [0.15, 0.2) is 0 Å². The molecule has 0 saturated heterocycles. The molecule has 4 heteroatoms. The van der Waals surface area contributed by atoms with Crippen molar-refractivity contribution in [3.63, 3.8) is 0 Å². The van der Waals surface area contributed by atoms with Gasteiger partial charge in [-0.2, -0.15) is 0 Å². The van der Waals surface area contributed by atoms with E-state index < -0.39 is 0 Å². The molecule has 114 valence electrons. The third-order valence-corrected chi connectivity index (χ3v) is 5.68. The number of nitrogens with zero attached hydrogens (tertiary/aromatic N) is 2. The van der Waals surface area contributed by atoms with Gasteiger partial charge in [-0.25, -0.2) is 0 Å². The van der Waals surface area contributed by atoms with E-state index in [2.05, 4.69) is 34.5 Å². The Morgan fingerprint density at radius 3 is 2.95 bits per heavy atom. The van der Waals surface area contributed by atoms with E-state index in [-0.39, 0.29) is 5.91 Å². The fraction of sp³-hybridized carbons (Fsp3) is 0.389. The van der Waals surface area contributed by atoms with Crippen LogP contribution in [0.5, 0.6) is 0 Å². The fourth-order valence-corrected chi connectivity index (χ4v) is 4.40. The summed E-state index contributed by atoms with van der Waals surface area (Å²) in [6.45, 7) is 3.30. The SMILES string of the molecule is O=C(CN1CCc2sccc2C1)N1CCCc2ccccc21. The molecule has 0 saturated carbocycles. The second kappa shape index (κ2) is 5.86. The lowest BCUT2D eigenvalue weighted by atomic mass is 10.0. The molecule has 0 spiro atoms. The number of carbonyl (C=O) groups is 1. The van der Waals surface area contributed by atoms with Gasteiger partial charge in [-0.15, -0.1) is 11.3 Å². The molecule has 0 bridgehead atoms. The average Bonchev–Trinajstić information content (AvgIpc) is 3.02. The van der Waals surface area contributed by atoms with Crippen LogP contribution in [0.1, 0.15) is 22.4 Å². The summed E-state index contributed by atoms with van der Waals surface area (Å²) in [5.74, 6) is 0.242. The maximum atomic E-state index is 12.8. The molecular formula is C18H20N2OS. The molecule has 0 radical (unpaired) electrons. The number of para-hydroxylation sites is 1. The number of amides is 1. The van der Waals surface area contributed by atoms with E-state index in [9.17, 15) is 4.79 Å². The normalized spacial score (nSPS) is 17.9. The van der Waals surface area contributed by atoms with Gasteiger partial charge in [-0.05, 0) is 47.9 Å². The standard InChI is InChI=1S/C18H20N2OS/c21-18(13-19-10-7-17-15(12-19)8-11-22-17)20-9-3-5-14-4-1-2-6-16(14)20/h1-2,4,6,8,11H,3,5,7,9-10,12-13H2. The zero-order chi connectivity index (χ0) is 14.9. The summed E-state index contributed by atoms with van der Waals surface area (Å²) >= 11 is 1.84. The summed E-state index contributed by atoms with van der Waals surface area (Å²) in [6, 6.07) is 10.5. The van der Waals surface area contributed by atoms with E-state index in [0.29, 0.717) is 6.54 Å². The van der Waals surface area contributed by atoms with Gasteiger partial charge in [0.1, 0.15) is 0 Å². The molecule has 1 amide bonds. The number of rotatable bonds is 2. The van der Waals surface area contributed by atoms with Crippen LogP contribution >= 0.6 is 11.3 Å². The lowest BCUT2D eigenvalue weighted by molar-refractivity contribution is -0.120. The smallest absolute Gasteiger partial charge is 0.241 e. The van der Waals surface area contributed by atoms with Crippen LogP contribution in [0, 0.1) is 0 Å². The summed E-state index contributed by atoms with van der Waals surface area (Å²) in [5, 5.41) is 2.16. The number of benzene rings is 1. The van der Waals surface area contributed by atoms with Crippen molar-refractivity contribution in [3.8, 4) is 0 Å². The van der Waals surface area contributed by atoms with Crippen LogP contribution in [-0.2, 0) is 24.2 Å². The number of anilines is 1. The highest BCUT2D eigenvalue weighted by molar-refractivity contribution is 7.10. The zero-order valence-electron chi connectivity index (χ0n) is 12.6. The first kappa shape index (κ1) is 14.0. The van der Waals surface area contributed by atoms with Crippen LogP contribution in [0.2, 0.25) is 0 Å². The molecule has 2 aromatic rings. The third-order valence-electron chi connectivity index (χ3n) is 4.66. The summed E-state index contributed by atoms with van der Waals surface area (Å²) < 4.78 is 0. The van der Waals surface area contributed by atoms with Gasteiger partial charge in [0.05, 0.1) is 6.54 Å². The van der Waals surface area contributed by atoms with Crippen molar-refractivity contribution >= 4 is 22.9 Å². The van der Waals surface area contributed by atoms with Crippen molar-refractivity contribution in [2.75, 3.05) is 24.5 Å². The molecule has 0 fully saturated rings. The van der Waals surface area contributed by atoms with E-state index in [4.69, 9.17) is 0 Å². The molecule has 1 aromatic carbocycles. The van der Waals surface area contributed by atoms with Crippen molar-refractivity contribution in [1.82, 2.24) is 4.90 Å². The number of carbonyl (C=O) groups excluding carboxylic acids is 1. The van der Waals surface area contributed by atoms with Crippen LogP contribution in [-0.4, -0.2) is 30.4 Å². The Labute approximate surface area is 135 Å². The van der Waals surface area contributed by atoms with Gasteiger partial charge >= 0.3 is 0 Å². The quantitative estimate of drug-likeness (QED) is 0.851. The Balaban J connectivity index is 1.47. The van der Waals surface area contributed by atoms with Gasteiger partial charge in [0.2, 0.25) is 5.91 Å². The summed E-state index contributed by atoms with van der Waals surface area (Å²) in [4.78, 5) is 18.5. The first-order valence-corrected chi connectivity index (χ1v) is 8.85. The van der Waals surface area contributed by atoms with Crippen LogP contribution < -0.4 is 4.90 Å². The van der Waals surface area contributed by atoms with Crippen molar-refractivity contribution in [2.45, 2.75) is 25.8 Å². The molecule has 4 rings (SSSR count). The summed E-state index contributed by atoms with van der Waals surface area (Å²) in [7, 11) is 0. The van der Waals surface area contributed by atoms with E-state index in [1.54, 1.807) is 0 Å². The van der Waals surface area contributed by atoms with E-state index in [0.717, 1.165) is 44.6 Å². The minimum absolute atomic E-state index is 0.242. The van der Waals surface area contributed by atoms with Crippen molar-refractivity contribution in [3.05, 3.63) is 51.7 Å². The second-order valence-corrected chi connectivity index (χ2v) is 7.11. The number of fused-ring (bicyclic) bond motifs is 2. The fourth-order valence-electron chi connectivity index (χ4n) is 3.51. The Morgan fingerprint density at radius 1 is 1.09 bits per heavy atom. The van der Waals surface area contributed by atoms with Crippen LogP contribution in [0.3, 0.4) is 0 Å². The highest BCUT2D eigenvalue weighted by Crippen LogP contribution is 2.28. The highest BCUT2D eigenvalue weighted by Gasteiger charge is 2.25. The van der Waals surface area contributed by atoms with Crippen LogP contribution in [0.25, 0.3) is 0 Å². The minimum atomic E-state index is 0.242. The zero-order valence-corrected chi connectivity index (χ0v) is 13.4. The molecule has 3 nitrogen and oxygen atoms in total. The molecule has 0 atom stereocenters. The Morgan fingerprint density at radius 2 is 2.00 bits per heavy atom. The minimum Gasteiger partial charge on any atom is -0.311 e. The molecule has 3 heterocycles. The largest absolute Gasteiger partial charge is 0.311 e. The van der Waals surface area contributed by atoms with E-state index in [1.165, 1.54) is 16.0 Å². The number of hydrogen-bond acceptors (Lipinski definition) is 3. The molecule has 1 aromatic heterocycles. The molecular weight excluding hydrogens is 292 g/mol. The van der Waals surface area contributed by atoms with Crippen molar-refractivity contribution in [2.24, 2.45) is 0 Å². The summed E-state index contributed by atoms with van der Waals surface area (Å²) in [6.07, 6.45) is 3.23. The van der Waals surface area contributed by atoms with E-state index >= 15 is 0 Å². The molecule has 2 aliphatic rings. The maximum Gasteiger partial charge on any atom is 0.241 e. The monoisotopic (exact) mass is 312 g/mol. The first-order chi connectivity index (χ1) is 10.8. The number of hydrogen-bond donors (Lipinski definition) is 0. The van der Waals surface area contributed by atoms with Crippen molar-refractivity contribution < 1.29 is 4.79 Å².